The van der Waals surface area contributed by atoms with E-state index in [0.717, 1.165) is 5.56 Å². The molecular formula is C14H13NO3. The van der Waals surface area contributed by atoms with Gasteiger partial charge in [-0.15, -0.1) is 0 Å². The molecule has 0 aliphatic carbocycles. The Labute approximate surface area is 105 Å². The van der Waals surface area contributed by atoms with E-state index in [1.165, 1.54) is 0 Å². The smallest absolute Gasteiger partial charge is 0.310 e. The number of nitrogens with zero attached hydrogens (tertiary/aromatic N) is 1. The van der Waals surface area contributed by atoms with Gasteiger partial charge in [0.05, 0.1) is 5.92 Å². The summed E-state index contributed by atoms with van der Waals surface area (Å²) in [5.41, 5.74) is 0.746. The number of hydrogen-bond donors (Lipinski definition) is 1. The number of carbonyl (C=O) groups is 1. The minimum Gasteiger partial charge on any atom is -0.481 e. The summed E-state index contributed by atoms with van der Waals surface area (Å²) in [4.78, 5) is 14.9. The molecule has 1 aromatic heterocycles. The van der Waals surface area contributed by atoms with Crippen LogP contribution in [0.3, 0.4) is 0 Å². The molecule has 0 aliphatic heterocycles. The van der Waals surface area contributed by atoms with Crippen LogP contribution in [0.15, 0.2) is 48.7 Å². The third-order valence-electron chi connectivity index (χ3n) is 2.61. The lowest BCUT2D eigenvalue weighted by atomic mass is 10.0. The molecule has 2 rings (SSSR count). The van der Waals surface area contributed by atoms with Crippen molar-refractivity contribution in [2.75, 3.05) is 0 Å². The maximum absolute atomic E-state index is 10.8. The van der Waals surface area contributed by atoms with Gasteiger partial charge in [-0.1, -0.05) is 18.2 Å². The summed E-state index contributed by atoms with van der Waals surface area (Å²) in [7, 11) is 0. The number of benzene rings is 1. The van der Waals surface area contributed by atoms with Gasteiger partial charge >= 0.3 is 5.97 Å². The third-order valence-corrected chi connectivity index (χ3v) is 2.61. The van der Waals surface area contributed by atoms with Gasteiger partial charge in [0.1, 0.15) is 5.75 Å². The first-order chi connectivity index (χ1) is 8.66. The topological polar surface area (TPSA) is 59.4 Å². The zero-order chi connectivity index (χ0) is 13.0. The van der Waals surface area contributed by atoms with Gasteiger partial charge in [-0.3, -0.25) is 4.79 Å². The average molecular weight is 243 g/mol. The Morgan fingerprint density at radius 2 is 1.94 bits per heavy atom. The summed E-state index contributed by atoms with van der Waals surface area (Å²) in [6.45, 7) is 1.65. The Hall–Kier alpha value is -2.36. The number of aromatic nitrogens is 1. The van der Waals surface area contributed by atoms with Gasteiger partial charge in [-0.2, -0.15) is 0 Å². The van der Waals surface area contributed by atoms with Crippen molar-refractivity contribution in [3.05, 3.63) is 54.2 Å². The molecule has 0 spiro atoms. The molecule has 4 nitrogen and oxygen atoms in total. The summed E-state index contributed by atoms with van der Waals surface area (Å²) in [5.74, 6) is -0.214. The Morgan fingerprint density at radius 1 is 1.22 bits per heavy atom. The molecule has 18 heavy (non-hydrogen) atoms. The molecular weight excluding hydrogens is 230 g/mol. The molecule has 0 bridgehead atoms. The maximum atomic E-state index is 10.8. The van der Waals surface area contributed by atoms with E-state index in [4.69, 9.17) is 9.84 Å². The van der Waals surface area contributed by atoms with Gasteiger partial charge in [-0.05, 0) is 30.7 Å². The minimum absolute atomic E-state index is 0.511. The fourth-order valence-corrected chi connectivity index (χ4v) is 1.50. The van der Waals surface area contributed by atoms with E-state index in [1.807, 2.05) is 12.1 Å². The highest BCUT2D eigenvalue weighted by Gasteiger charge is 2.13. The van der Waals surface area contributed by atoms with E-state index in [2.05, 4.69) is 4.98 Å². The number of ether oxygens (including phenoxy) is 1. The standard InChI is InChI=1S/C14H13NO3/c1-10(14(16)17)11-5-7-12(8-6-11)18-13-4-2-3-9-15-13/h2-10H,1H3,(H,16,17). The van der Waals surface area contributed by atoms with E-state index in [-0.39, 0.29) is 0 Å². The molecule has 0 fully saturated rings. The summed E-state index contributed by atoms with van der Waals surface area (Å²) in [5, 5.41) is 8.90. The largest absolute Gasteiger partial charge is 0.481 e. The highest BCUT2D eigenvalue weighted by atomic mass is 16.5. The zero-order valence-corrected chi connectivity index (χ0v) is 9.91. The van der Waals surface area contributed by atoms with Crippen molar-refractivity contribution in [1.82, 2.24) is 4.98 Å². The minimum atomic E-state index is -0.839. The molecule has 0 aliphatic rings. The van der Waals surface area contributed by atoms with Crippen LogP contribution in [0.1, 0.15) is 18.4 Å². The van der Waals surface area contributed by atoms with Crippen LogP contribution in [0.4, 0.5) is 0 Å². The highest BCUT2D eigenvalue weighted by molar-refractivity contribution is 5.75. The van der Waals surface area contributed by atoms with Crippen molar-refractivity contribution in [2.24, 2.45) is 0 Å². The maximum Gasteiger partial charge on any atom is 0.310 e. The Morgan fingerprint density at radius 3 is 2.50 bits per heavy atom. The normalized spacial score (nSPS) is 11.8. The second-order valence-corrected chi connectivity index (χ2v) is 3.90. The van der Waals surface area contributed by atoms with E-state index < -0.39 is 11.9 Å². The number of rotatable bonds is 4. The lowest BCUT2D eigenvalue weighted by molar-refractivity contribution is -0.138. The van der Waals surface area contributed by atoms with Crippen molar-refractivity contribution in [1.29, 1.82) is 0 Å². The van der Waals surface area contributed by atoms with Gasteiger partial charge in [0.25, 0.3) is 0 Å². The Bertz CT molecular complexity index is 522. The van der Waals surface area contributed by atoms with Gasteiger partial charge < -0.3 is 9.84 Å². The van der Waals surface area contributed by atoms with Crippen molar-refractivity contribution in [2.45, 2.75) is 12.8 Å². The van der Waals surface area contributed by atoms with Gasteiger partial charge in [0.2, 0.25) is 5.88 Å². The van der Waals surface area contributed by atoms with E-state index >= 15 is 0 Å². The molecule has 1 heterocycles. The number of aliphatic carboxylic acids is 1. The van der Waals surface area contributed by atoms with Crippen molar-refractivity contribution in [3.63, 3.8) is 0 Å². The van der Waals surface area contributed by atoms with E-state index in [0.29, 0.717) is 11.6 Å². The van der Waals surface area contributed by atoms with Crippen LogP contribution < -0.4 is 4.74 Å². The molecule has 1 N–H and O–H groups in total. The van der Waals surface area contributed by atoms with Crippen LogP contribution in [0.25, 0.3) is 0 Å². The predicted molar refractivity (Wildman–Crippen MR) is 66.8 cm³/mol. The number of pyridine rings is 1. The predicted octanol–water partition coefficient (Wildman–Crippen LogP) is 3.06. The lowest BCUT2D eigenvalue weighted by Crippen LogP contribution is -2.06. The summed E-state index contributed by atoms with van der Waals surface area (Å²) >= 11 is 0. The highest BCUT2D eigenvalue weighted by Crippen LogP contribution is 2.22. The molecule has 0 radical (unpaired) electrons. The van der Waals surface area contributed by atoms with Crippen LogP contribution in [-0.4, -0.2) is 16.1 Å². The molecule has 1 atom stereocenters. The molecule has 1 unspecified atom stereocenters. The van der Waals surface area contributed by atoms with Crippen LogP contribution in [0.5, 0.6) is 11.6 Å². The van der Waals surface area contributed by atoms with Gasteiger partial charge in [0.15, 0.2) is 0 Å². The molecule has 4 heteroatoms. The molecule has 0 saturated carbocycles. The number of carboxylic acids is 1. The van der Waals surface area contributed by atoms with Crippen LogP contribution in [0, 0.1) is 0 Å². The third kappa shape index (κ3) is 2.85. The van der Waals surface area contributed by atoms with Gasteiger partial charge in [0, 0.05) is 12.3 Å². The van der Waals surface area contributed by atoms with E-state index in [9.17, 15) is 4.79 Å². The molecule has 0 saturated heterocycles. The fourth-order valence-electron chi connectivity index (χ4n) is 1.50. The summed E-state index contributed by atoms with van der Waals surface area (Å²) in [6.07, 6.45) is 1.65. The van der Waals surface area contributed by atoms with E-state index in [1.54, 1.807) is 43.5 Å². The molecule has 0 amide bonds. The zero-order valence-electron chi connectivity index (χ0n) is 9.91. The second-order valence-electron chi connectivity index (χ2n) is 3.90. The SMILES string of the molecule is CC(C(=O)O)c1ccc(Oc2ccccn2)cc1. The second kappa shape index (κ2) is 5.31. The first-order valence-corrected chi connectivity index (χ1v) is 5.58. The van der Waals surface area contributed by atoms with Crippen LogP contribution in [-0.2, 0) is 4.79 Å². The quantitative estimate of drug-likeness (QED) is 0.896. The van der Waals surface area contributed by atoms with Crippen molar-refractivity contribution >= 4 is 5.97 Å². The fraction of sp³-hybridized carbons (Fsp3) is 0.143. The first-order valence-electron chi connectivity index (χ1n) is 5.58. The van der Waals surface area contributed by atoms with Crippen LogP contribution >= 0.6 is 0 Å². The Balaban J connectivity index is 2.11. The van der Waals surface area contributed by atoms with Crippen molar-refractivity contribution < 1.29 is 14.6 Å². The first kappa shape index (κ1) is 12.1. The summed E-state index contributed by atoms with van der Waals surface area (Å²) < 4.78 is 5.52. The molecule has 1 aromatic carbocycles. The van der Waals surface area contributed by atoms with Gasteiger partial charge in [-0.25, -0.2) is 4.98 Å². The lowest BCUT2D eigenvalue weighted by Gasteiger charge is -2.08. The van der Waals surface area contributed by atoms with Crippen molar-refractivity contribution in [3.8, 4) is 11.6 Å². The number of carboxylic acid groups (broad SMARTS) is 1. The number of hydrogen-bond acceptors (Lipinski definition) is 3. The summed E-state index contributed by atoms with van der Waals surface area (Å²) in [6, 6.07) is 12.4. The molecule has 92 valence electrons. The van der Waals surface area contributed by atoms with Crippen LogP contribution in [0.2, 0.25) is 0 Å². The molecule has 2 aromatic rings. The Kier molecular flexibility index (Phi) is 3.57. The average Bonchev–Trinajstić information content (AvgIpc) is 2.40. The monoisotopic (exact) mass is 243 g/mol.